The number of nitrogens with one attached hydrogen (secondary N) is 1. The van der Waals surface area contributed by atoms with Gasteiger partial charge in [-0.2, -0.15) is 5.10 Å². The number of carbonyl (C=O) groups excluding carboxylic acids is 2. The highest BCUT2D eigenvalue weighted by molar-refractivity contribution is 7.13. The van der Waals surface area contributed by atoms with Crippen LogP contribution in [0.2, 0.25) is 0 Å². The van der Waals surface area contributed by atoms with Crippen molar-refractivity contribution >= 4 is 44.9 Å². The van der Waals surface area contributed by atoms with Crippen molar-refractivity contribution in [3.05, 3.63) is 77.7 Å². The number of thiazole rings is 1. The predicted octanol–water partition coefficient (Wildman–Crippen LogP) is 8.03. The number of halogens is 3. The molecule has 5 aromatic rings. The lowest BCUT2D eigenvalue weighted by molar-refractivity contribution is -0.145. The smallest absolute Gasteiger partial charge is 0.263 e. The lowest BCUT2D eigenvalue weighted by Gasteiger charge is -2.43. The summed E-state index contributed by atoms with van der Waals surface area (Å²) in [5, 5.41) is 10.2. The molecule has 2 amide bonds. The van der Waals surface area contributed by atoms with Crippen LogP contribution in [-0.4, -0.2) is 97.7 Å². The zero-order chi connectivity index (χ0) is 40.5. The number of anilines is 2. The lowest BCUT2D eigenvalue weighted by atomic mass is 9.76. The molecule has 3 aliphatic heterocycles. The van der Waals surface area contributed by atoms with Gasteiger partial charge in [0.05, 0.1) is 36.0 Å². The minimum atomic E-state index is -2.77. The number of likely N-dealkylation sites (tertiary alicyclic amines) is 1. The highest BCUT2D eigenvalue weighted by Gasteiger charge is 2.48. The maximum absolute atomic E-state index is 15.8. The molecule has 2 saturated heterocycles. The van der Waals surface area contributed by atoms with E-state index < -0.39 is 23.7 Å². The van der Waals surface area contributed by atoms with Crippen molar-refractivity contribution in [2.24, 2.45) is 11.8 Å². The number of amides is 2. The molecule has 0 spiro atoms. The van der Waals surface area contributed by atoms with Crippen molar-refractivity contribution in [1.29, 1.82) is 0 Å². The Balaban J connectivity index is 0.827. The van der Waals surface area contributed by atoms with E-state index in [0.717, 1.165) is 74.9 Å². The summed E-state index contributed by atoms with van der Waals surface area (Å²) in [6.07, 6.45) is 15.8. The van der Waals surface area contributed by atoms with E-state index in [1.807, 2.05) is 30.3 Å². The van der Waals surface area contributed by atoms with Gasteiger partial charge in [0.15, 0.2) is 11.2 Å². The summed E-state index contributed by atoms with van der Waals surface area (Å²) in [6.45, 7) is 3.38. The van der Waals surface area contributed by atoms with E-state index in [0.29, 0.717) is 66.4 Å². The first kappa shape index (κ1) is 39.7. The third-order valence-corrected chi connectivity index (χ3v) is 13.8. The van der Waals surface area contributed by atoms with Crippen molar-refractivity contribution in [1.82, 2.24) is 34.1 Å². The van der Waals surface area contributed by atoms with E-state index in [4.69, 9.17) is 5.10 Å². The van der Waals surface area contributed by atoms with Crippen molar-refractivity contribution in [2.45, 2.75) is 89.1 Å². The van der Waals surface area contributed by atoms with Gasteiger partial charge in [0.1, 0.15) is 5.82 Å². The molecule has 2 aromatic carbocycles. The Hall–Kier alpha value is -4.76. The van der Waals surface area contributed by atoms with Crippen molar-refractivity contribution in [2.75, 3.05) is 56.0 Å². The normalized spacial score (nSPS) is 21.2. The number of hydrogen-bond donors (Lipinski definition) is 1. The summed E-state index contributed by atoms with van der Waals surface area (Å²) in [5.74, 6) is -4.15. The van der Waals surface area contributed by atoms with Crippen molar-refractivity contribution in [3.63, 3.8) is 0 Å². The van der Waals surface area contributed by atoms with Gasteiger partial charge in [-0.25, -0.2) is 23.1 Å². The zero-order valence-corrected chi connectivity index (χ0v) is 34.2. The molecule has 4 aliphatic rings. The molecule has 6 heterocycles. The molecule has 1 N–H and O–H groups in total. The van der Waals surface area contributed by atoms with E-state index in [1.165, 1.54) is 34.9 Å². The second-order valence-corrected chi connectivity index (χ2v) is 17.7. The number of rotatable bonds is 9. The maximum Gasteiger partial charge on any atom is 0.263 e. The van der Waals surface area contributed by atoms with Gasteiger partial charge in [-0.05, 0) is 80.0 Å². The topological polar surface area (TPSA) is 104 Å². The molecule has 312 valence electrons. The third-order valence-electron chi connectivity index (χ3n) is 13.1. The number of nitrogens with zero attached hydrogens (tertiary/aromatic N) is 8. The molecule has 3 fully saturated rings. The summed E-state index contributed by atoms with van der Waals surface area (Å²) in [5.41, 5.74) is 4.45. The molecular formula is C44H52F3N9O2S. The largest absolute Gasteiger partial charge is 0.368 e. The highest BCUT2D eigenvalue weighted by Crippen LogP contribution is 2.42. The maximum atomic E-state index is 15.8. The second kappa shape index (κ2) is 17.1. The molecule has 2 atom stereocenters. The summed E-state index contributed by atoms with van der Waals surface area (Å²) < 4.78 is 50.5. The first-order valence-electron chi connectivity index (χ1n) is 21.4. The number of imidazole rings is 1. The number of alkyl halides is 2. The van der Waals surface area contributed by atoms with E-state index in [1.54, 1.807) is 33.9 Å². The number of fused-ring (bicyclic) bond motifs is 2. The Bertz CT molecular complexity index is 2240. The van der Waals surface area contributed by atoms with E-state index in [9.17, 15) is 9.59 Å². The fourth-order valence-corrected chi connectivity index (χ4v) is 10.5. The SMILES string of the molecule is O=C(Nc1nccs1)C(c1ncn2c1CCC2)n1cc2c(F)cc(-c3ccc(N4CCN(C(=O)CN5CCC(C6CCCCCCCC6)C(F)(F)C5)CC4)cc3)cc2n1. The average molecular weight is 828 g/mol. The summed E-state index contributed by atoms with van der Waals surface area (Å²) in [4.78, 5) is 41.6. The predicted molar refractivity (Wildman–Crippen MR) is 223 cm³/mol. The fraction of sp³-hybridized carbons (Fsp3) is 0.523. The number of piperazine rings is 1. The quantitative estimate of drug-likeness (QED) is 0.161. The van der Waals surface area contributed by atoms with Crippen LogP contribution in [0.4, 0.5) is 24.0 Å². The van der Waals surface area contributed by atoms with Crippen LogP contribution in [0.3, 0.4) is 0 Å². The number of piperidine rings is 1. The van der Waals surface area contributed by atoms with Crippen LogP contribution < -0.4 is 10.2 Å². The Labute approximate surface area is 346 Å². The van der Waals surface area contributed by atoms with E-state index in [2.05, 4.69) is 24.8 Å². The molecule has 1 aliphatic carbocycles. The molecule has 9 rings (SSSR count). The summed E-state index contributed by atoms with van der Waals surface area (Å²) in [6, 6.07) is 10.3. The summed E-state index contributed by atoms with van der Waals surface area (Å²) >= 11 is 1.32. The van der Waals surface area contributed by atoms with Crippen LogP contribution in [0.25, 0.3) is 22.0 Å². The molecule has 15 heteroatoms. The molecule has 1 saturated carbocycles. The molecule has 59 heavy (non-hydrogen) atoms. The Morgan fingerprint density at radius 3 is 2.37 bits per heavy atom. The number of aromatic nitrogens is 5. The minimum absolute atomic E-state index is 0.0345. The van der Waals surface area contributed by atoms with Gasteiger partial charge < -0.3 is 14.4 Å². The minimum Gasteiger partial charge on any atom is -0.368 e. The van der Waals surface area contributed by atoms with Crippen LogP contribution in [0.5, 0.6) is 0 Å². The lowest BCUT2D eigenvalue weighted by Crippen LogP contribution is -2.55. The van der Waals surface area contributed by atoms with Gasteiger partial charge in [-0.15, -0.1) is 11.3 Å². The second-order valence-electron chi connectivity index (χ2n) is 16.8. The van der Waals surface area contributed by atoms with Gasteiger partial charge >= 0.3 is 0 Å². The van der Waals surface area contributed by atoms with Gasteiger partial charge in [0, 0.05) is 67.8 Å². The molecule has 3 aromatic heterocycles. The third kappa shape index (κ3) is 8.50. The monoisotopic (exact) mass is 827 g/mol. The molecule has 0 radical (unpaired) electrons. The summed E-state index contributed by atoms with van der Waals surface area (Å²) in [7, 11) is 0. The van der Waals surface area contributed by atoms with Crippen molar-refractivity contribution < 1.29 is 22.8 Å². The van der Waals surface area contributed by atoms with Crippen LogP contribution in [-0.2, 0) is 22.6 Å². The van der Waals surface area contributed by atoms with Gasteiger partial charge in [-0.3, -0.25) is 24.5 Å². The first-order valence-corrected chi connectivity index (χ1v) is 22.2. The molecule has 0 bridgehead atoms. The zero-order valence-electron chi connectivity index (χ0n) is 33.4. The van der Waals surface area contributed by atoms with E-state index >= 15 is 13.2 Å². The standard InChI is InChI=1S/C44H52F3N9O2S/c45-36-24-32(25-37-34(36)26-56(51-37)41(42(58)50-43-48-16-23-59-43)40-38-10-7-17-55(38)29-49-40)30-11-13-33(14-12-30)53-19-21-54(22-20-53)39(57)27-52-18-15-35(44(46,47)28-52)31-8-5-3-1-2-4-6-9-31/h11-14,16,23-26,29,31,35,41H,1-10,15,17-22,27-28H2,(H,48,50,58). The molecule has 2 unspecified atom stereocenters. The number of benzene rings is 2. The average Bonchev–Trinajstić information content (AvgIpc) is 4.06. The Kier molecular flexibility index (Phi) is 11.5. The molecular weight excluding hydrogens is 776 g/mol. The van der Waals surface area contributed by atoms with Gasteiger partial charge in [0.25, 0.3) is 11.8 Å². The Morgan fingerprint density at radius 1 is 0.881 bits per heavy atom. The van der Waals surface area contributed by atoms with Crippen LogP contribution >= 0.6 is 11.3 Å². The fourth-order valence-electron chi connectivity index (χ4n) is 9.94. The number of carbonyl (C=O) groups is 2. The first-order chi connectivity index (χ1) is 28.7. The van der Waals surface area contributed by atoms with Crippen LogP contribution in [0.1, 0.15) is 81.6 Å². The van der Waals surface area contributed by atoms with Gasteiger partial charge in [-0.1, -0.05) is 50.7 Å². The van der Waals surface area contributed by atoms with Crippen LogP contribution in [0.15, 0.2) is 60.5 Å². The van der Waals surface area contributed by atoms with Gasteiger partial charge in [0.2, 0.25) is 5.91 Å². The van der Waals surface area contributed by atoms with Crippen molar-refractivity contribution in [3.8, 4) is 11.1 Å². The Morgan fingerprint density at radius 2 is 1.64 bits per heavy atom. The van der Waals surface area contributed by atoms with Crippen LogP contribution in [0, 0.1) is 17.7 Å². The molecule has 11 nitrogen and oxygen atoms in total. The highest BCUT2D eigenvalue weighted by atomic mass is 32.1. The number of aryl methyl sites for hydroxylation is 1. The van der Waals surface area contributed by atoms with E-state index in [-0.39, 0.29) is 30.8 Å². The number of hydrogen-bond acceptors (Lipinski definition) is 8.